The number of carbonyl (C=O) groups is 2. The zero-order chi connectivity index (χ0) is 15.9. The van der Waals surface area contributed by atoms with E-state index < -0.39 is 11.9 Å². The molecule has 2 amide bonds. The van der Waals surface area contributed by atoms with Crippen LogP contribution in [0.4, 0.5) is 0 Å². The first kappa shape index (κ1) is 15.8. The minimum atomic E-state index is -0.786. The van der Waals surface area contributed by atoms with Gasteiger partial charge in [0.05, 0.1) is 0 Å². The van der Waals surface area contributed by atoms with Gasteiger partial charge in [-0.05, 0) is 24.5 Å². The predicted molar refractivity (Wildman–Crippen MR) is 86.0 cm³/mol. The third-order valence-electron chi connectivity index (χ3n) is 3.45. The molecule has 0 radical (unpaired) electrons. The van der Waals surface area contributed by atoms with Crippen molar-refractivity contribution in [2.24, 2.45) is 5.73 Å². The lowest BCUT2D eigenvalue weighted by molar-refractivity contribution is -0.127. The molecule has 1 atom stereocenters. The van der Waals surface area contributed by atoms with Gasteiger partial charge in [-0.1, -0.05) is 60.2 Å². The molecule has 2 rings (SSSR count). The SMILES string of the molecule is Cc1cccc(CCC(=O)NC(C(N)=O)c2ccccc2)c1. The van der Waals surface area contributed by atoms with Gasteiger partial charge in [-0.25, -0.2) is 0 Å². The summed E-state index contributed by atoms with van der Waals surface area (Å²) >= 11 is 0. The Bertz CT molecular complexity index is 653. The fourth-order valence-electron chi connectivity index (χ4n) is 2.32. The number of nitrogens with two attached hydrogens (primary N) is 1. The molecule has 0 saturated carbocycles. The van der Waals surface area contributed by atoms with E-state index in [1.54, 1.807) is 12.1 Å². The minimum Gasteiger partial charge on any atom is -0.368 e. The Hall–Kier alpha value is -2.62. The molecule has 0 heterocycles. The number of hydrogen-bond donors (Lipinski definition) is 2. The van der Waals surface area contributed by atoms with Crippen molar-refractivity contribution >= 4 is 11.8 Å². The van der Waals surface area contributed by atoms with Crippen LogP contribution in [0.3, 0.4) is 0 Å². The van der Waals surface area contributed by atoms with Crippen LogP contribution in [0.1, 0.15) is 29.2 Å². The van der Waals surface area contributed by atoms with Crippen molar-refractivity contribution in [3.8, 4) is 0 Å². The van der Waals surface area contributed by atoms with E-state index in [1.807, 2.05) is 43.3 Å². The van der Waals surface area contributed by atoms with E-state index in [1.165, 1.54) is 0 Å². The van der Waals surface area contributed by atoms with Gasteiger partial charge < -0.3 is 11.1 Å². The second-order valence-electron chi connectivity index (χ2n) is 5.30. The molecule has 0 saturated heterocycles. The Labute approximate surface area is 130 Å². The Morgan fingerprint density at radius 3 is 2.45 bits per heavy atom. The summed E-state index contributed by atoms with van der Waals surface area (Å²) in [6, 6.07) is 16.3. The molecule has 2 aromatic carbocycles. The van der Waals surface area contributed by atoms with Crippen molar-refractivity contribution in [1.29, 1.82) is 0 Å². The Kier molecular flexibility index (Phi) is 5.31. The average molecular weight is 296 g/mol. The van der Waals surface area contributed by atoms with Crippen LogP contribution >= 0.6 is 0 Å². The molecule has 22 heavy (non-hydrogen) atoms. The van der Waals surface area contributed by atoms with Crippen LogP contribution in [0.2, 0.25) is 0 Å². The monoisotopic (exact) mass is 296 g/mol. The topological polar surface area (TPSA) is 72.2 Å². The standard InChI is InChI=1S/C18H20N2O2/c1-13-6-5-7-14(12-13)10-11-16(21)20-17(18(19)22)15-8-3-2-4-9-15/h2-9,12,17H,10-11H2,1H3,(H2,19,22)(H,20,21). The van der Waals surface area contributed by atoms with Gasteiger partial charge in [0.2, 0.25) is 11.8 Å². The zero-order valence-corrected chi connectivity index (χ0v) is 12.6. The van der Waals surface area contributed by atoms with Crippen LogP contribution in [0.15, 0.2) is 54.6 Å². The number of rotatable bonds is 6. The largest absolute Gasteiger partial charge is 0.368 e. The highest BCUT2D eigenvalue weighted by atomic mass is 16.2. The molecule has 0 spiro atoms. The molecule has 0 aliphatic carbocycles. The number of aryl methyl sites for hydroxylation is 2. The Morgan fingerprint density at radius 2 is 1.82 bits per heavy atom. The van der Waals surface area contributed by atoms with Crippen LogP contribution in [-0.2, 0) is 16.0 Å². The number of nitrogens with one attached hydrogen (secondary N) is 1. The summed E-state index contributed by atoms with van der Waals surface area (Å²) in [6.45, 7) is 2.02. The Balaban J connectivity index is 1.96. The van der Waals surface area contributed by atoms with Crippen molar-refractivity contribution in [3.05, 3.63) is 71.3 Å². The lowest BCUT2D eigenvalue weighted by Gasteiger charge is -2.15. The Morgan fingerprint density at radius 1 is 1.09 bits per heavy atom. The first-order valence-electron chi connectivity index (χ1n) is 7.25. The van der Waals surface area contributed by atoms with Gasteiger partial charge in [-0.2, -0.15) is 0 Å². The lowest BCUT2D eigenvalue weighted by atomic mass is 10.0. The van der Waals surface area contributed by atoms with Crippen LogP contribution < -0.4 is 11.1 Å². The summed E-state index contributed by atoms with van der Waals surface area (Å²) in [5.74, 6) is -0.746. The van der Waals surface area contributed by atoms with Gasteiger partial charge in [-0.3, -0.25) is 9.59 Å². The number of amides is 2. The van der Waals surface area contributed by atoms with Gasteiger partial charge in [-0.15, -0.1) is 0 Å². The van der Waals surface area contributed by atoms with Crippen molar-refractivity contribution in [2.45, 2.75) is 25.8 Å². The van der Waals surface area contributed by atoms with E-state index in [2.05, 4.69) is 11.4 Å². The summed E-state index contributed by atoms with van der Waals surface area (Å²) in [7, 11) is 0. The molecule has 0 aliphatic heterocycles. The van der Waals surface area contributed by atoms with Crippen LogP contribution in [0.5, 0.6) is 0 Å². The lowest BCUT2D eigenvalue weighted by Crippen LogP contribution is -2.37. The van der Waals surface area contributed by atoms with Gasteiger partial charge in [0.1, 0.15) is 6.04 Å². The molecule has 0 fully saturated rings. The van der Waals surface area contributed by atoms with Crippen molar-refractivity contribution in [2.75, 3.05) is 0 Å². The molecule has 3 N–H and O–H groups in total. The fourth-order valence-corrected chi connectivity index (χ4v) is 2.32. The normalized spacial score (nSPS) is 11.7. The summed E-state index contributed by atoms with van der Waals surface area (Å²) in [5.41, 5.74) is 8.35. The van der Waals surface area contributed by atoms with Crippen molar-refractivity contribution < 1.29 is 9.59 Å². The third kappa shape index (κ3) is 4.45. The summed E-state index contributed by atoms with van der Waals surface area (Å²) in [5, 5.41) is 2.70. The molecule has 0 bridgehead atoms. The summed E-state index contributed by atoms with van der Waals surface area (Å²) in [4.78, 5) is 23.6. The average Bonchev–Trinajstić information content (AvgIpc) is 2.51. The first-order valence-corrected chi connectivity index (χ1v) is 7.25. The van der Waals surface area contributed by atoms with Gasteiger partial charge in [0.25, 0.3) is 0 Å². The van der Waals surface area contributed by atoms with Gasteiger partial charge >= 0.3 is 0 Å². The minimum absolute atomic E-state index is 0.186. The number of primary amides is 1. The maximum Gasteiger partial charge on any atom is 0.244 e. The van der Waals surface area contributed by atoms with Crippen molar-refractivity contribution in [3.63, 3.8) is 0 Å². The van der Waals surface area contributed by atoms with E-state index in [0.29, 0.717) is 18.4 Å². The zero-order valence-electron chi connectivity index (χ0n) is 12.6. The predicted octanol–water partition coefficient (Wildman–Crippen LogP) is 2.27. The molecule has 2 aromatic rings. The van der Waals surface area contributed by atoms with E-state index >= 15 is 0 Å². The maximum absolute atomic E-state index is 12.1. The molecule has 114 valence electrons. The highest BCUT2D eigenvalue weighted by molar-refractivity contribution is 5.87. The molecule has 4 nitrogen and oxygen atoms in total. The van der Waals surface area contributed by atoms with Crippen LogP contribution in [-0.4, -0.2) is 11.8 Å². The highest BCUT2D eigenvalue weighted by Gasteiger charge is 2.19. The first-order chi connectivity index (χ1) is 10.6. The molecule has 1 unspecified atom stereocenters. The molecule has 4 heteroatoms. The summed E-state index contributed by atoms with van der Waals surface area (Å²) < 4.78 is 0. The molecular weight excluding hydrogens is 276 g/mol. The van der Waals surface area contributed by atoms with Gasteiger partial charge in [0.15, 0.2) is 0 Å². The molecule has 0 aromatic heterocycles. The molecule has 0 aliphatic rings. The third-order valence-corrected chi connectivity index (χ3v) is 3.45. The second kappa shape index (κ2) is 7.41. The van der Waals surface area contributed by atoms with Crippen molar-refractivity contribution in [1.82, 2.24) is 5.32 Å². The number of carbonyl (C=O) groups excluding carboxylic acids is 2. The van der Waals surface area contributed by atoms with E-state index in [0.717, 1.165) is 11.1 Å². The quantitative estimate of drug-likeness (QED) is 0.858. The van der Waals surface area contributed by atoms with E-state index in [-0.39, 0.29) is 5.91 Å². The molecular formula is C18H20N2O2. The number of hydrogen-bond acceptors (Lipinski definition) is 2. The fraction of sp³-hybridized carbons (Fsp3) is 0.222. The smallest absolute Gasteiger partial charge is 0.244 e. The van der Waals surface area contributed by atoms with E-state index in [9.17, 15) is 9.59 Å². The summed E-state index contributed by atoms with van der Waals surface area (Å²) in [6.07, 6.45) is 0.952. The van der Waals surface area contributed by atoms with Crippen LogP contribution in [0, 0.1) is 6.92 Å². The number of benzene rings is 2. The maximum atomic E-state index is 12.1. The van der Waals surface area contributed by atoms with Crippen LogP contribution in [0.25, 0.3) is 0 Å². The highest BCUT2D eigenvalue weighted by Crippen LogP contribution is 2.13. The van der Waals surface area contributed by atoms with E-state index in [4.69, 9.17) is 5.73 Å². The van der Waals surface area contributed by atoms with Gasteiger partial charge in [0, 0.05) is 6.42 Å². The second-order valence-corrected chi connectivity index (χ2v) is 5.30.